The number of hydrogen-bond acceptors (Lipinski definition) is 5. The Balaban J connectivity index is 3.28. The minimum Gasteiger partial charge on any atom is -0.446 e. The summed E-state index contributed by atoms with van der Waals surface area (Å²) in [6.45, 7) is 9.16. The summed E-state index contributed by atoms with van der Waals surface area (Å²) in [5.41, 5.74) is 1.71. The fourth-order valence-electron chi connectivity index (χ4n) is 2.64. The molecule has 0 aliphatic rings. The summed E-state index contributed by atoms with van der Waals surface area (Å²) >= 11 is 0. The van der Waals surface area contributed by atoms with Crippen LogP contribution in [0.3, 0.4) is 0 Å². The molecule has 0 aliphatic heterocycles. The Morgan fingerprint density at radius 3 is 1.87 bits per heavy atom. The Morgan fingerprint density at radius 2 is 1.45 bits per heavy atom. The molecule has 0 aliphatic carbocycles. The number of amides is 3. The summed E-state index contributed by atoms with van der Waals surface area (Å²) in [6.07, 6.45) is -7.38. The normalized spacial score (nSPS) is 13.4. The van der Waals surface area contributed by atoms with Crippen molar-refractivity contribution in [3.63, 3.8) is 0 Å². The maximum Gasteiger partial charge on any atom is 0.429 e. The van der Waals surface area contributed by atoms with Crippen molar-refractivity contribution in [1.29, 1.82) is 0 Å². The van der Waals surface area contributed by atoms with Gasteiger partial charge in [-0.15, -0.1) is 0 Å². The Bertz CT molecular complexity index is 766. The molecule has 0 heterocycles. The Kier molecular flexibility index (Phi) is 9.14. The van der Waals surface area contributed by atoms with Gasteiger partial charge in [-0.05, 0) is 52.3 Å². The number of ether oxygens (including phenoxy) is 2. The van der Waals surface area contributed by atoms with Gasteiger partial charge in [-0.25, -0.2) is 20.0 Å². The number of nitrogens with one attached hydrogen (secondary N) is 2. The van der Waals surface area contributed by atoms with E-state index in [4.69, 9.17) is 9.47 Å². The lowest BCUT2D eigenvalue weighted by atomic mass is 9.98. The second-order valence-electron chi connectivity index (χ2n) is 7.41. The molecule has 0 fully saturated rings. The lowest BCUT2D eigenvalue weighted by Crippen LogP contribution is -2.56. The first kappa shape index (κ1) is 26.1. The van der Waals surface area contributed by atoms with E-state index < -0.39 is 54.1 Å². The summed E-state index contributed by atoms with van der Waals surface area (Å²) in [5, 5.41) is 3.43. The van der Waals surface area contributed by atoms with Crippen LogP contribution in [0.1, 0.15) is 58.7 Å². The fraction of sp³-hybridized carbons (Fsp3) is 0.550. The topological polar surface area (TPSA) is 97.0 Å². The molecule has 3 amide bonds. The van der Waals surface area contributed by atoms with Crippen LogP contribution in [0, 0.1) is 0 Å². The number of hydrogen-bond donors (Lipinski definition) is 2. The zero-order valence-corrected chi connectivity index (χ0v) is 18.2. The maximum atomic E-state index is 12.9. The quantitative estimate of drug-likeness (QED) is 0.638. The van der Waals surface area contributed by atoms with Crippen molar-refractivity contribution in [3.8, 4) is 0 Å². The van der Waals surface area contributed by atoms with Crippen LogP contribution in [-0.2, 0) is 20.4 Å². The number of benzene rings is 1. The maximum absolute atomic E-state index is 12.9. The first-order chi connectivity index (χ1) is 14.2. The molecule has 0 aromatic heterocycles. The minimum atomic E-state index is -4.52. The average Bonchev–Trinajstić information content (AvgIpc) is 2.61. The molecule has 0 unspecified atom stereocenters. The molecule has 0 radical (unpaired) electrons. The highest BCUT2D eigenvalue weighted by Gasteiger charge is 2.34. The molecule has 1 rings (SSSR count). The van der Waals surface area contributed by atoms with Crippen molar-refractivity contribution in [2.24, 2.45) is 0 Å². The molecule has 1 aromatic rings. The zero-order valence-electron chi connectivity index (χ0n) is 18.2. The van der Waals surface area contributed by atoms with Crippen LogP contribution in [0.2, 0.25) is 0 Å². The Labute approximate surface area is 179 Å². The van der Waals surface area contributed by atoms with Gasteiger partial charge in [0.1, 0.15) is 0 Å². The summed E-state index contributed by atoms with van der Waals surface area (Å²) in [5.74, 6) is -0.487. The van der Waals surface area contributed by atoms with Crippen LogP contribution in [0.4, 0.5) is 22.8 Å². The number of hydrazine groups is 1. The van der Waals surface area contributed by atoms with Crippen molar-refractivity contribution in [2.45, 2.75) is 72.0 Å². The second-order valence-corrected chi connectivity index (χ2v) is 7.41. The van der Waals surface area contributed by atoms with Crippen molar-refractivity contribution in [3.05, 3.63) is 35.4 Å². The molecule has 0 saturated carbocycles. The average molecular weight is 447 g/mol. The lowest BCUT2D eigenvalue weighted by molar-refractivity contribution is -0.137. The smallest absolute Gasteiger partial charge is 0.429 e. The Morgan fingerprint density at radius 1 is 0.935 bits per heavy atom. The molecule has 2 atom stereocenters. The van der Waals surface area contributed by atoms with E-state index in [0.29, 0.717) is 0 Å². The molecule has 1 aromatic carbocycles. The summed E-state index contributed by atoms with van der Waals surface area (Å²) in [7, 11) is 0. The number of nitrogens with zero attached hydrogens (tertiary/aromatic N) is 1. The molecule has 0 saturated heterocycles. The van der Waals surface area contributed by atoms with Crippen molar-refractivity contribution >= 4 is 18.1 Å². The van der Waals surface area contributed by atoms with Crippen LogP contribution in [0.25, 0.3) is 0 Å². The predicted molar refractivity (Wildman–Crippen MR) is 106 cm³/mol. The van der Waals surface area contributed by atoms with E-state index in [1.807, 2.05) is 0 Å². The fourth-order valence-corrected chi connectivity index (χ4v) is 2.64. The van der Waals surface area contributed by atoms with Gasteiger partial charge in [-0.2, -0.15) is 13.2 Å². The van der Waals surface area contributed by atoms with Crippen molar-refractivity contribution < 1.29 is 37.0 Å². The van der Waals surface area contributed by atoms with Gasteiger partial charge in [-0.3, -0.25) is 4.79 Å². The van der Waals surface area contributed by atoms with Crippen LogP contribution >= 0.6 is 0 Å². The molecule has 2 N–H and O–H groups in total. The molecule has 174 valence electrons. The van der Waals surface area contributed by atoms with E-state index in [0.717, 1.165) is 17.1 Å². The molecule has 0 spiro atoms. The highest BCUT2D eigenvalue weighted by molar-refractivity contribution is 5.75. The summed E-state index contributed by atoms with van der Waals surface area (Å²) in [4.78, 5) is 36.5. The number of carbonyl (C=O) groups is 3. The molecular formula is C20H28F3N3O5. The molecule has 8 nitrogen and oxygen atoms in total. The van der Waals surface area contributed by atoms with Gasteiger partial charge in [0.25, 0.3) is 0 Å². The predicted octanol–water partition coefficient (Wildman–Crippen LogP) is 4.17. The second kappa shape index (κ2) is 10.9. The SMILES string of the molecule is CC(=O)N[C@@H](c1ccc(C(F)(F)F)cc1)[C@H](C)N(NC(=O)OC(C)C)C(=O)OC(C)C. The summed E-state index contributed by atoms with van der Waals surface area (Å²) < 4.78 is 48.8. The van der Waals surface area contributed by atoms with E-state index >= 15 is 0 Å². The largest absolute Gasteiger partial charge is 0.446 e. The lowest BCUT2D eigenvalue weighted by Gasteiger charge is -2.34. The third-order valence-corrected chi connectivity index (χ3v) is 3.93. The van der Waals surface area contributed by atoms with Gasteiger partial charge in [0, 0.05) is 6.92 Å². The van der Waals surface area contributed by atoms with Gasteiger partial charge in [-0.1, -0.05) is 12.1 Å². The van der Waals surface area contributed by atoms with E-state index in [2.05, 4.69) is 10.7 Å². The van der Waals surface area contributed by atoms with Gasteiger partial charge in [0.2, 0.25) is 5.91 Å². The minimum absolute atomic E-state index is 0.289. The number of halogens is 3. The number of carbonyl (C=O) groups excluding carboxylic acids is 3. The van der Waals surface area contributed by atoms with Crippen LogP contribution in [-0.4, -0.2) is 41.4 Å². The van der Waals surface area contributed by atoms with Gasteiger partial charge in [0.05, 0.1) is 29.9 Å². The highest BCUT2D eigenvalue weighted by atomic mass is 19.4. The van der Waals surface area contributed by atoms with Crippen molar-refractivity contribution in [1.82, 2.24) is 15.8 Å². The van der Waals surface area contributed by atoms with E-state index in [-0.39, 0.29) is 5.56 Å². The standard InChI is InChI=1S/C20H28F3N3O5/c1-11(2)30-18(28)25-26(19(29)31-12(3)4)13(5)17(24-14(6)27)15-7-9-16(10-8-15)20(21,22)23/h7-13,17H,1-6H3,(H,24,27)(H,25,28)/t13-,17+/m0/s1. The number of alkyl halides is 3. The molecular weight excluding hydrogens is 419 g/mol. The summed E-state index contributed by atoms with van der Waals surface area (Å²) in [6, 6.07) is 2.21. The number of rotatable bonds is 6. The molecule has 0 bridgehead atoms. The monoisotopic (exact) mass is 447 g/mol. The Hall–Kier alpha value is -2.98. The highest BCUT2D eigenvalue weighted by Crippen LogP contribution is 2.31. The third-order valence-electron chi connectivity index (χ3n) is 3.93. The van der Waals surface area contributed by atoms with E-state index in [1.54, 1.807) is 27.7 Å². The molecule has 11 heteroatoms. The van der Waals surface area contributed by atoms with Crippen LogP contribution in [0.5, 0.6) is 0 Å². The first-order valence-electron chi connectivity index (χ1n) is 9.63. The van der Waals surface area contributed by atoms with Crippen LogP contribution < -0.4 is 10.7 Å². The van der Waals surface area contributed by atoms with Gasteiger partial charge < -0.3 is 14.8 Å². The van der Waals surface area contributed by atoms with E-state index in [1.165, 1.54) is 26.0 Å². The van der Waals surface area contributed by atoms with Gasteiger partial charge in [0.15, 0.2) is 0 Å². The zero-order chi connectivity index (χ0) is 23.9. The van der Waals surface area contributed by atoms with Crippen LogP contribution in [0.15, 0.2) is 24.3 Å². The third kappa shape index (κ3) is 8.35. The van der Waals surface area contributed by atoms with E-state index in [9.17, 15) is 27.6 Å². The molecule has 31 heavy (non-hydrogen) atoms. The van der Waals surface area contributed by atoms with Gasteiger partial charge >= 0.3 is 18.4 Å². The van der Waals surface area contributed by atoms with Crippen molar-refractivity contribution in [2.75, 3.05) is 0 Å². The first-order valence-corrected chi connectivity index (χ1v) is 9.63.